The van der Waals surface area contributed by atoms with Crippen LogP contribution in [-0.4, -0.2) is 6.54 Å². The van der Waals surface area contributed by atoms with Gasteiger partial charge >= 0.3 is 0 Å². The molecule has 1 atom stereocenters. The highest BCUT2D eigenvalue weighted by molar-refractivity contribution is 6.30. The number of hydrogen-bond acceptors (Lipinski definition) is 1. The second-order valence-corrected chi connectivity index (χ2v) is 3.85. The lowest BCUT2D eigenvalue weighted by molar-refractivity contribution is 0.504. The minimum atomic E-state index is -0.964. The number of benzene rings is 1. The van der Waals surface area contributed by atoms with Gasteiger partial charge in [0.15, 0.2) is 11.6 Å². The molecule has 0 aromatic heterocycles. The Morgan fingerprint density at radius 2 is 2.14 bits per heavy atom. The summed E-state index contributed by atoms with van der Waals surface area (Å²) in [5, 5.41) is 3.05. The third-order valence-electron chi connectivity index (χ3n) is 2.47. The molecule has 0 aliphatic carbocycles. The largest absolute Gasteiger partial charge is 0.310 e. The molecular formula is C10H10ClF2N. The first kappa shape index (κ1) is 9.87. The van der Waals surface area contributed by atoms with Gasteiger partial charge in [0.1, 0.15) is 0 Å². The van der Waals surface area contributed by atoms with E-state index in [1.54, 1.807) is 0 Å². The first-order valence-corrected chi connectivity index (χ1v) is 4.94. The molecule has 0 radical (unpaired) electrons. The molecule has 4 heteroatoms. The topological polar surface area (TPSA) is 12.0 Å². The molecule has 2 rings (SSSR count). The molecule has 1 aromatic rings. The summed E-state index contributed by atoms with van der Waals surface area (Å²) in [4.78, 5) is 0. The van der Waals surface area contributed by atoms with Crippen LogP contribution in [0.5, 0.6) is 0 Å². The van der Waals surface area contributed by atoms with E-state index in [1.807, 2.05) is 0 Å². The van der Waals surface area contributed by atoms with Crippen LogP contribution >= 0.6 is 11.6 Å². The molecule has 1 saturated heterocycles. The van der Waals surface area contributed by atoms with Crippen molar-refractivity contribution in [2.45, 2.75) is 18.9 Å². The van der Waals surface area contributed by atoms with E-state index in [2.05, 4.69) is 5.32 Å². The first-order chi connectivity index (χ1) is 6.68. The van der Waals surface area contributed by atoms with Gasteiger partial charge in [-0.1, -0.05) is 11.6 Å². The lowest BCUT2D eigenvalue weighted by Gasteiger charge is -2.11. The number of hydrogen-bond donors (Lipinski definition) is 1. The Balaban J connectivity index is 2.34. The van der Waals surface area contributed by atoms with Crippen LogP contribution in [0.25, 0.3) is 0 Å². The van der Waals surface area contributed by atoms with E-state index in [0.29, 0.717) is 0 Å². The van der Waals surface area contributed by atoms with Gasteiger partial charge in [0.05, 0.1) is 5.02 Å². The Kier molecular flexibility index (Phi) is 2.70. The highest BCUT2D eigenvalue weighted by atomic mass is 35.5. The molecule has 0 bridgehead atoms. The molecule has 1 heterocycles. The van der Waals surface area contributed by atoms with Crippen LogP contribution in [0.4, 0.5) is 8.78 Å². The summed E-state index contributed by atoms with van der Waals surface area (Å²) in [6.45, 7) is 0.918. The Labute approximate surface area is 86.1 Å². The van der Waals surface area contributed by atoms with Gasteiger partial charge in [-0.05, 0) is 37.1 Å². The fourth-order valence-electron chi connectivity index (χ4n) is 1.75. The van der Waals surface area contributed by atoms with Gasteiger partial charge < -0.3 is 5.32 Å². The Hall–Kier alpha value is -0.670. The molecule has 76 valence electrons. The van der Waals surface area contributed by atoms with Crippen molar-refractivity contribution in [3.63, 3.8) is 0 Å². The number of halogens is 3. The van der Waals surface area contributed by atoms with Crippen LogP contribution < -0.4 is 5.32 Å². The molecule has 1 aliphatic rings. The second kappa shape index (κ2) is 3.83. The maximum Gasteiger partial charge on any atom is 0.177 e. The van der Waals surface area contributed by atoms with E-state index in [0.717, 1.165) is 24.9 Å². The van der Waals surface area contributed by atoms with Crippen LogP contribution in [0, 0.1) is 11.6 Å². The average molecular weight is 218 g/mol. The highest BCUT2D eigenvalue weighted by Gasteiger charge is 2.19. The Morgan fingerprint density at radius 1 is 1.36 bits per heavy atom. The molecule has 0 spiro atoms. The van der Waals surface area contributed by atoms with E-state index in [4.69, 9.17) is 11.6 Å². The Bertz CT molecular complexity index is 325. The lowest BCUT2D eigenvalue weighted by Crippen LogP contribution is -2.13. The van der Waals surface area contributed by atoms with Crippen molar-refractivity contribution in [3.05, 3.63) is 34.4 Å². The summed E-state index contributed by atoms with van der Waals surface area (Å²) in [5.74, 6) is -1.84. The number of nitrogens with one attached hydrogen (secondary N) is 1. The van der Waals surface area contributed by atoms with Gasteiger partial charge in [0.2, 0.25) is 0 Å². The van der Waals surface area contributed by atoms with Crippen molar-refractivity contribution >= 4 is 11.6 Å². The molecule has 1 N–H and O–H groups in total. The smallest absolute Gasteiger partial charge is 0.177 e. The fraction of sp³-hybridized carbons (Fsp3) is 0.400. The van der Waals surface area contributed by atoms with Gasteiger partial charge in [-0.25, -0.2) is 8.78 Å². The fourth-order valence-corrected chi connectivity index (χ4v) is 1.96. The highest BCUT2D eigenvalue weighted by Crippen LogP contribution is 2.28. The maximum absolute atomic E-state index is 13.0. The zero-order valence-electron chi connectivity index (χ0n) is 7.49. The van der Waals surface area contributed by atoms with Crippen LogP contribution in [0.15, 0.2) is 12.1 Å². The lowest BCUT2D eigenvalue weighted by atomic mass is 10.1. The SMILES string of the molecule is Fc1cc([C@H]2CCCN2)cc(Cl)c1F. The molecule has 1 fully saturated rings. The minimum Gasteiger partial charge on any atom is -0.310 e. The van der Waals surface area contributed by atoms with Gasteiger partial charge in [-0.2, -0.15) is 0 Å². The first-order valence-electron chi connectivity index (χ1n) is 4.56. The van der Waals surface area contributed by atoms with Crippen LogP contribution in [0.1, 0.15) is 24.4 Å². The number of rotatable bonds is 1. The molecule has 0 saturated carbocycles. The van der Waals surface area contributed by atoms with E-state index < -0.39 is 11.6 Å². The quantitative estimate of drug-likeness (QED) is 0.713. The summed E-state index contributed by atoms with van der Waals surface area (Å²) in [6.07, 6.45) is 2.00. The summed E-state index contributed by atoms with van der Waals surface area (Å²) in [5.41, 5.74) is 0.728. The molecule has 1 aliphatic heterocycles. The molecule has 1 aromatic carbocycles. The minimum absolute atomic E-state index is 0.114. The van der Waals surface area contributed by atoms with E-state index >= 15 is 0 Å². The second-order valence-electron chi connectivity index (χ2n) is 3.45. The third kappa shape index (κ3) is 1.74. The summed E-state index contributed by atoms with van der Waals surface area (Å²) < 4.78 is 25.9. The van der Waals surface area contributed by atoms with Gasteiger partial charge in [-0.15, -0.1) is 0 Å². The van der Waals surface area contributed by atoms with Crippen molar-refractivity contribution in [2.24, 2.45) is 0 Å². The third-order valence-corrected chi connectivity index (χ3v) is 2.74. The van der Waals surface area contributed by atoms with Crippen molar-refractivity contribution in [2.75, 3.05) is 6.54 Å². The van der Waals surface area contributed by atoms with E-state index in [9.17, 15) is 8.78 Å². The van der Waals surface area contributed by atoms with Crippen molar-refractivity contribution < 1.29 is 8.78 Å². The molecule has 14 heavy (non-hydrogen) atoms. The van der Waals surface area contributed by atoms with Crippen LogP contribution in [-0.2, 0) is 0 Å². The van der Waals surface area contributed by atoms with Crippen LogP contribution in [0.2, 0.25) is 5.02 Å². The summed E-state index contributed by atoms with van der Waals surface area (Å²) in [6, 6.07) is 2.82. The molecule has 0 amide bonds. The normalized spacial score (nSPS) is 21.5. The van der Waals surface area contributed by atoms with Gasteiger partial charge in [-0.3, -0.25) is 0 Å². The maximum atomic E-state index is 13.0. The molecule has 0 unspecified atom stereocenters. The predicted molar refractivity (Wildman–Crippen MR) is 51.3 cm³/mol. The van der Waals surface area contributed by atoms with Gasteiger partial charge in [0, 0.05) is 6.04 Å². The van der Waals surface area contributed by atoms with Crippen molar-refractivity contribution in [1.82, 2.24) is 5.32 Å². The average Bonchev–Trinajstić information content (AvgIpc) is 2.66. The summed E-state index contributed by atoms with van der Waals surface area (Å²) >= 11 is 5.55. The van der Waals surface area contributed by atoms with E-state index in [1.165, 1.54) is 12.1 Å². The van der Waals surface area contributed by atoms with E-state index in [-0.39, 0.29) is 11.1 Å². The van der Waals surface area contributed by atoms with Crippen LogP contribution in [0.3, 0.4) is 0 Å². The standard InChI is InChI=1S/C10H10ClF2N/c11-7-4-6(5-8(12)10(7)13)9-2-1-3-14-9/h4-5,9,14H,1-3H2/t9-/m1/s1. The summed E-state index contributed by atoms with van der Waals surface area (Å²) in [7, 11) is 0. The zero-order valence-corrected chi connectivity index (χ0v) is 8.24. The Morgan fingerprint density at radius 3 is 2.71 bits per heavy atom. The monoisotopic (exact) mass is 217 g/mol. The molecule has 1 nitrogen and oxygen atoms in total. The zero-order chi connectivity index (χ0) is 10.1. The van der Waals surface area contributed by atoms with Crippen molar-refractivity contribution in [1.29, 1.82) is 0 Å². The molecular weight excluding hydrogens is 208 g/mol. The predicted octanol–water partition coefficient (Wildman–Crippen LogP) is 3.04. The van der Waals surface area contributed by atoms with Crippen molar-refractivity contribution in [3.8, 4) is 0 Å². The van der Waals surface area contributed by atoms with Gasteiger partial charge in [0.25, 0.3) is 0 Å².